The molecule has 0 aliphatic carbocycles. The molecule has 0 saturated carbocycles. The van der Waals surface area contributed by atoms with Crippen LogP contribution in [0.5, 0.6) is 0 Å². The van der Waals surface area contributed by atoms with Gasteiger partial charge in [0.25, 0.3) is 0 Å². The molecule has 0 unspecified atom stereocenters. The van der Waals surface area contributed by atoms with Crippen LogP contribution in [0.25, 0.3) is 44.1 Å². The van der Waals surface area contributed by atoms with Gasteiger partial charge in [-0.1, -0.05) is 76.2 Å². The van der Waals surface area contributed by atoms with Gasteiger partial charge in [0.05, 0.1) is 76.9 Å². The van der Waals surface area contributed by atoms with Crippen molar-refractivity contribution in [2.24, 2.45) is 0 Å². The molecule has 0 aliphatic heterocycles. The van der Waals surface area contributed by atoms with Crippen LogP contribution in [0.3, 0.4) is 0 Å². The number of aliphatic hydroxyl groups excluding tert-OH is 1. The van der Waals surface area contributed by atoms with E-state index in [2.05, 4.69) is 129 Å². The summed E-state index contributed by atoms with van der Waals surface area (Å²) in [5.74, 6) is 4.12. The first-order chi connectivity index (χ1) is 26.5. The van der Waals surface area contributed by atoms with Crippen molar-refractivity contribution < 1.29 is 5.11 Å². The van der Waals surface area contributed by atoms with Crippen molar-refractivity contribution >= 4 is 44.1 Å². The maximum atomic E-state index is 12.3. The van der Waals surface area contributed by atoms with Crippen LogP contribution in [0.2, 0.25) is 0 Å². The van der Waals surface area contributed by atoms with Crippen LogP contribution in [0.15, 0.2) is 97.1 Å². The smallest absolute Gasteiger partial charge is 0.110 e. The van der Waals surface area contributed by atoms with Gasteiger partial charge in [-0.2, -0.15) is 0 Å². The minimum Gasteiger partial charge on any atom is -0.390 e. The molecule has 8 aromatic rings. The van der Waals surface area contributed by atoms with Crippen LogP contribution in [-0.4, -0.2) is 72.3 Å². The van der Waals surface area contributed by atoms with E-state index < -0.39 is 6.10 Å². The fourth-order valence-electron chi connectivity index (χ4n) is 7.99. The zero-order chi connectivity index (χ0) is 37.2. The summed E-state index contributed by atoms with van der Waals surface area (Å²) in [6.07, 6.45) is 2.56. The Kier molecular flexibility index (Phi) is 10.3. The molecule has 278 valence electrons. The summed E-state index contributed by atoms with van der Waals surface area (Å²) in [6.45, 7) is 11.8. The molecule has 0 bridgehead atoms. The minimum absolute atomic E-state index is 0.443. The van der Waals surface area contributed by atoms with Crippen molar-refractivity contribution in [1.29, 1.82) is 0 Å². The number of benzene rings is 4. The van der Waals surface area contributed by atoms with Gasteiger partial charge in [-0.15, -0.1) is 0 Å². The summed E-state index contributed by atoms with van der Waals surface area (Å²) in [4.78, 5) is 24.6. The van der Waals surface area contributed by atoms with E-state index >= 15 is 0 Å². The highest BCUT2D eigenvalue weighted by atomic mass is 16.3. The first-order valence-corrected chi connectivity index (χ1v) is 19.4. The Bertz CT molecular complexity index is 2180. The van der Waals surface area contributed by atoms with E-state index in [0.29, 0.717) is 39.8 Å². The summed E-state index contributed by atoms with van der Waals surface area (Å²) in [7, 11) is 0. The average molecular weight is 723 g/mol. The molecule has 0 radical (unpaired) electrons. The number of imidazole rings is 4. The summed E-state index contributed by atoms with van der Waals surface area (Å²) in [5.41, 5.74) is 8.34. The number of aromatic nitrogens is 8. The molecular weight excluding hydrogens is 673 g/mol. The highest BCUT2D eigenvalue weighted by molar-refractivity contribution is 5.78. The monoisotopic (exact) mass is 722 g/mol. The molecule has 11 nitrogen and oxygen atoms in total. The van der Waals surface area contributed by atoms with Crippen molar-refractivity contribution in [2.45, 2.75) is 86.2 Å². The summed E-state index contributed by atoms with van der Waals surface area (Å²) >= 11 is 0. The zero-order valence-corrected chi connectivity index (χ0v) is 31.8. The number of hydrogen-bond acceptors (Lipinski definition) is 7. The highest BCUT2D eigenvalue weighted by Gasteiger charge is 2.23. The van der Waals surface area contributed by atoms with E-state index in [1.165, 1.54) is 0 Å². The molecule has 0 saturated heterocycles. The molecule has 0 atom stereocenters. The summed E-state index contributed by atoms with van der Waals surface area (Å²) in [5, 5.41) is 12.3. The second-order valence-corrected chi connectivity index (χ2v) is 14.1. The Morgan fingerprint density at radius 2 is 0.667 bits per heavy atom. The Labute approximate surface area is 316 Å². The number of aliphatic hydroxyl groups is 1. The molecule has 8 rings (SSSR count). The molecule has 4 heterocycles. The van der Waals surface area contributed by atoms with Gasteiger partial charge in [0.15, 0.2) is 0 Å². The number of fused-ring (bicyclic) bond motifs is 4. The molecule has 0 amide bonds. The fourth-order valence-corrected chi connectivity index (χ4v) is 7.99. The standard InChI is InChI=1S/C43H50N10O/c1-5-40-44-32-17-9-13-21-36(32)50(40)27-48(28-51-37-22-14-10-18-33(37)45-41(51)6-2)25-31(54)26-49(29-52-38-23-15-11-19-34(38)46-42(52)7-3)30-53-39-24-16-12-20-35(39)47-43(53)8-4/h9-24,31,54H,5-8,25-30H2,1-4H3. The van der Waals surface area contributed by atoms with E-state index in [4.69, 9.17) is 19.9 Å². The van der Waals surface area contributed by atoms with E-state index in [1.54, 1.807) is 0 Å². The number of para-hydroxylation sites is 8. The summed E-state index contributed by atoms with van der Waals surface area (Å²) < 4.78 is 9.23. The van der Waals surface area contributed by atoms with E-state index in [1.807, 2.05) is 24.3 Å². The van der Waals surface area contributed by atoms with E-state index in [0.717, 1.165) is 93.1 Å². The van der Waals surface area contributed by atoms with Gasteiger partial charge < -0.3 is 23.4 Å². The van der Waals surface area contributed by atoms with Gasteiger partial charge >= 0.3 is 0 Å². The van der Waals surface area contributed by atoms with Gasteiger partial charge in [-0.3, -0.25) is 9.80 Å². The molecule has 1 N–H and O–H groups in total. The molecule has 54 heavy (non-hydrogen) atoms. The lowest BCUT2D eigenvalue weighted by Crippen LogP contribution is -2.43. The Morgan fingerprint density at radius 3 is 0.907 bits per heavy atom. The van der Waals surface area contributed by atoms with Crippen LogP contribution >= 0.6 is 0 Å². The molecule has 0 aliphatic rings. The third kappa shape index (κ3) is 6.90. The largest absolute Gasteiger partial charge is 0.390 e. The molecule has 0 spiro atoms. The minimum atomic E-state index is -0.676. The Balaban J connectivity index is 1.15. The quantitative estimate of drug-likeness (QED) is 0.112. The van der Waals surface area contributed by atoms with Crippen molar-refractivity contribution in [3.63, 3.8) is 0 Å². The van der Waals surface area contributed by atoms with Crippen molar-refractivity contribution in [2.75, 3.05) is 13.1 Å². The van der Waals surface area contributed by atoms with Crippen LogP contribution in [-0.2, 0) is 52.4 Å². The second kappa shape index (κ2) is 15.5. The van der Waals surface area contributed by atoms with E-state index in [9.17, 15) is 5.11 Å². The van der Waals surface area contributed by atoms with Crippen molar-refractivity contribution in [1.82, 2.24) is 48.0 Å². The van der Waals surface area contributed by atoms with Crippen molar-refractivity contribution in [3.05, 3.63) is 120 Å². The maximum absolute atomic E-state index is 12.3. The van der Waals surface area contributed by atoms with Crippen molar-refractivity contribution in [3.8, 4) is 0 Å². The Hall–Kier alpha value is -5.36. The normalized spacial score (nSPS) is 12.3. The number of nitrogens with zero attached hydrogens (tertiary/aromatic N) is 10. The lowest BCUT2D eigenvalue weighted by atomic mass is 10.3. The van der Waals surface area contributed by atoms with Gasteiger partial charge in [0.1, 0.15) is 23.3 Å². The lowest BCUT2D eigenvalue weighted by Gasteiger charge is -2.31. The third-order valence-electron chi connectivity index (χ3n) is 10.5. The third-order valence-corrected chi connectivity index (χ3v) is 10.5. The van der Waals surface area contributed by atoms with Gasteiger partial charge in [-0.05, 0) is 48.5 Å². The van der Waals surface area contributed by atoms with Gasteiger partial charge in [-0.25, -0.2) is 19.9 Å². The van der Waals surface area contributed by atoms with Crippen LogP contribution in [0.1, 0.15) is 51.0 Å². The average Bonchev–Trinajstić information content (AvgIpc) is 3.95. The first-order valence-electron chi connectivity index (χ1n) is 19.4. The zero-order valence-electron chi connectivity index (χ0n) is 31.8. The number of aryl methyl sites for hydroxylation is 4. The van der Waals surface area contributed by atoms with Crippen LogP contribution < -0.4 is 0 Å². The first kappa shape index (κ1) is 35.7. The van der Waals surface area contributed by atoms with Crippen LogP contribution in [0, 0.1) is 0 Å². The topological polar surface area (TPSA) is 98.0 Å². The molecule has 11 heteroatoms. The molecule has 4 aromatic carbocycles. The molecule has 4 aromatic heterocycles. The van der Waals surface area contributed by atoms with E-state index in [-0.39, 0.29) is 0 Å². The molecular formula is C43H50N10O. The van der Waals surface area contributed by atoms with Gasteiger partial charge in [0.2, 0.25) is 0 Å². The Morgan fingerprint density at radius 1 is 0.426 bits per heavy atom. The summed E-state index contributed by atoms with van der Waals surface area (Å²) in [6, 6.07) is 33.4. The maximum Gasteiger partial charge on any atom is 0.110 e. The SMILES string of the molecule is CCc1nc2ccccc2n1CN(CC(O)CN(Cn1c(CC)nc2ccccc21)Cn1c(CC)nc2ccccc21)Cn1c(CC)nc2ccccc21. The number of rotatable bonds is 16. The fraction of sp³-hybridized carbons (Fsp3) is 0.349. The number of hydrogen-bond donors (Lipinski definition) is 1. The van der Waals surface area contributed by atoms with Crippen LogP contribution in [0.4, 0.5) is 0 Å². The second-order valence-electron chi connectivity index (χ2n) is 14.1. The predicted molar refractivity (Wildman–Crippen MR) is 216 cm³/mol. The highest BCUT2D eigenvalue weighted by Crippen LogP contribution is 2.23. The van der Waals surface area contributed by atoms with Gasteiger partial charge in [0, 0.05) is 38.8 Å². The predicted octanol–water partition coefficient (Wildman–Crippen LogP) is 7.23. The molecule has 0 fully saturated rings. The lowest BCUT2D eigenvalue weighted by molar-refractivity contribution is 0.0316.